The molecule has 0 spiro atoms. The molecule has 1 amide bonds. The Morgan fingerprint density at radius 1 is 1.19 bits per heavy atom. The molecule has 0 heterocycles. The summed E-state index contributed by atoms with van der Waals surface area (Å²) in [6.45, 7) is 0. The van der Waals surface area contributed by atoms with Crippen LogP contribution in [0.1, 0.15) is 17.5 Å². The second-order valence-corrected chi connectivity index (χ2v) is 5.44. The Bertz CT molecular complexity index is 659. The topological polar surface area (TPSA) is 55.1 Å². The van der Waals surface area contributed by atoms with E-state index in [1.54, 1.807) is 18.2 Å². The standard InChI is InChI=1S/C16H15ClN2OS/c17-13-8-7-12(16(18)21)10-14(13)19-15(20)9-6-11-4-2-1-3-5-11/h1-5,7-8,10H,6,9H2,(H2,18,21)(H,19,20). The van der Waals surface area contributed by atoms with E-state index in [0.717, 1.165) is 5.56 Å². The first-order valence-corrected chi connectivity index (χ1v) is 7.28. The van der Waals surface area contributed by atoms with Gasteiger partial charge in [-0.05, 0) is 24.1 Å². The third-order valence-corrected chi connectivity index (χ3v) is 3.57. The summed E-state index contributed by atoms with van der Waals surface area (Å²) < 4.78 is 0. The number of nitrogens with one attached hydrogen (secondary N) is 1. The Balaban J connectivity index is 1.99. The number of benzene rings is 2. The van der Waals surface area contributed by atoms with Crippen molar-refractivity contribution in [2.75, 3.05) is 5.32 Å². The summed E-state index contributed by atoms with van der Waals surface area (Å²) in [6.07, 6.45) is 1.07. The zero-order chi connectivity index (χ0) is 15.2. The number of aryl methyl sites for hydroxylation is 1. The predicted molar refractivity (Wildman–Crippen MR) is 90.7 cm³/mol. The van der Waals surface area contributed by atoms with Gasteiger partial charge in [0.2, 0.25) is 5.91 Å². The van der Waals surface area contributed by atoms with E-state index >= 15 is 0 Å². The average Bonchev–Trinajstić information content (AvgIpc) is 2.48. The van der Waals surface area contributed by atoms with Crippen LogP contribution in [0, 0.1) is 0 Å². The predicted octanol–water partition coefficient (Wildman–Crippen LogP) is 3.55. The van der Waals surface area contributed by atoms with E-state index in [-0.39, 0.29) is 10.9 Å². The van der Waals surface area contributed by atoms with Crippen LogP contribution < -0.4 is 11.1 Å². The highest BCUT2D eigenvalue weighted by Crippen LogP contribution is 2.23. The van der Waals surface area contributed by atoms with Crippen LogP contribution in [0.3, 0.4) is 0 Å². The zero-order valence-electron chi connectivity index (χ0n) is 11.3. The van der Waals surface area contributed by atoms with Gasteiger partial charge in [-0.2, -0.15) is 0 Å². The van der Waals surface area contributed by atoms with Crippen LogP contribution in [0.4, 0.5) is 5.69 Å². The summed E-state index contributed by atoms with van der Waals surface area (Å²) in [6, 6.07) is 14.9. The van der Waals surface area contributed by atoms with E-state index in [9.17, 15) is 4.79 Å². The van der Waals surface area contributed by atoms with E-state index in [0.29, 0.717) is 29.1 Å². The minimum atomic E-state index is -0.0964. The van der Waals surface area contributed by atoms with Crippen LogP contribution in [0.5, 0.6) is 0 Å². The highest BCUT2D eigenvalue weighted by molar-refractivity contribution is 7.80. The van der Waals surface area contributed by atoms with E-state index in [2.05, 4.69) is 5.32 Å². The second-order valence-electron chi connectivity index (χ2n) is 4.59. The molecule has 0 aliphatic carbocycles. The summed E-state index contributed by atoms with van der Waals surface area (Å²) in [4.78, 5) is 12.3. The van der Waals surface area contributed by atoms with Gasteiger partial charge >= 0.3 is 0 Å². The van der Waals surface area contributed by atoms with Crippen molar-refractivity contribution in [3.63, 3.8) is 0 Å². The average molecular weight is 319 g/mol. The lowest BCUT2D eigenvalue weighted by Gasteiger charge is -2.09. The molecule has 0 atom stereocenters. The fourth-order valence-electron chi connectivity index (χ4n) is 1.89. The first-order chi connectivity index (χ1) is 10.1. The quantitative estimate of drug-likeness (QED) is 0.829. The fourth-order valence-corrected chi connectivity index (χ4v) is 2.18. The van der Waals surface area contributed by atoms with Crippen LogP contribution in [-0.2, 0) is 11.2 Å². The highest BCUT2D eigenvalue weighted by Gasteiger charge is 2.08. The van der Waals surface area contributed by atoms with Gasteiger partial charge in [0.25, 0.3) is 0 Å². The van der Waals surface area contributed by atoms with Gasteiger partial charge in [-0.1, -0.05) is 60.2 Å². The zero-order valence-corrected chi connectivity index (χ0v) is 12.9. The van der Waals surface area contributed by atoms with Crippen LogP contribution in [0.25, 0.3) is 0 Å². The Morgan fingerprint density at radius 3 is 2.57 bits per heavy atom. The highest BCUT2D eigenvalue weighted by atomic mass is 35.5. The number of halogens is 1. The van der Waals surface area contributed by atoms with E-state index in [4.69, 9.17) is 29.6 Å². The molecule has 0 aliphatic heterocycles. The summed E-state index contributed by atoms with van der Waals surface area (Å²) in [5.74, 6) is -0.0964. The van der Waals surface area contributed by atoms with Gasteiger partial charge in [0.15, 0.2) is 0 Å². The number of carbonyl (C=O) groups is 1. The molecule has 0 saturated carbocycles. The molecular formula is C16H15ClN2OS. The van der Waals surface area contributed by atoms with Crippen molar-refractivity contribution in [3.8, 4) is 0 Å². The Morgan fingerprint density at radius 2 is 1.90 bits per heavy atom. The van der Waals surface area contributed by atoms with Gasteiger partial charge in [0.1, 0.15) is 4.99 Å². The molecule has 0 saturated heterocycles. The molecule has 2 rings (SSSR count). The first-order valence-electron chi connectivity index (χ1n) is 6.49. The second kappa shape index (κ2) is 7.20. The number of hydrogen-bond acceptors (Lipinski definition) is 2. The number of rotatable bonds is 5. The molecule has 3 nitrogen and oxygen atoms in total. The number of carbonyl (C=O) groups excluding carboxylic acids is 1. The molecule has 2 aromatic rings. The maximum Gasteiger partial charge on any atom is 0.224 e. The van der Waals surface area contributed by atoms with Crippen molar-refractivity contribution in [1.82, 2.24) is 0 Å². The SMILES string of the molecule is NC(=S)c1ccc(Cl)c(NC(=O)CCc2ccccc2)c1. The maximum absolute atomic E-state index is 12.0. The van der Waals surface area contributed by atoms with Crippen LogP contribution in [-0.4, -0.2) is 10.9 Å². The maximum atomic E-state index is 12.0. The van der Waals surface area contributed by atoms with Crippen molar-refractivity contribution >= 4 is 40.4 Å². The lowest BCUT2D eigenvalue weighted by Crippen LogP contribution is -2.14. The van der Waals surface area contributed by atoms with Crippen molar-refractivity contribution < 1.29 is 4.79 Å². The van der Waals surface area contributed by atoms with Crippen molar-refractivity contribution in [2.45, 2.75) is 12.8 Å². The van der Waals surface area contributed by atoms with E-state index in [1.807, 2.05) is 30.3 Å². The molecule has 21 heavy (non-hydrogen) atoms. The summed E-state index contributed by atoms with van der Waals surface area (Å²) in [5, 5.41) is 3.25. The van der Waals surface area contributed by atoms with Crippen LogP contribution >= 0.6 is 23.8 Å². The lowest BCUT2D eigenvalue weighted by molar-refractivity contribution is -0.116. The fraction of sp³-hybridized carbons (Fsp3) is 0.125. The third-order valence-electron chi connectivity index (χ3n) is 3.01. The lowest BCUT2D eigenvalue weighted by atomic mass is 10.1. The van der Waals surface area contributed by atoms with Gasteiger partial charge in [-0.3, -0.25) is 4.79 Å². The van der Waals surface area contributed by atoms with Gasteiger partial charge in [-0.15, -0.1) is 0 Å². The summed E-state index contributed by atoms with van der Waals surface area (Å²) in [7, 11) is 0. The van der Waals surface area contributed by atoms with Crippen molar-refractivity contribution in [1.29, 1.82) is 0 Å². The largest absolute Gasteiger partial charge is 0.389 e. The number of thiocarbonyl (C=S) groups is 1. The van der Waals surface area contributed by atoms with Gasteiger partial charge in [0.05, 0.1) is 10.7 Å². The minimum absolute atomic E-state index is 0.0964. The van der Waals surface area contributed by atoms with E-state index in [1.165, 1.54) is 0 Å². The molecule has 0 radical (unpaired) electrons. The molecule has 0 fully saturated rings. The normalized spacial score (nSPS) is 10.1. The molecule has 0 aromatic heterocycles. The van der Waals surface area contributed by atoms with Crippen LogP contribution in [0.2, 0.25) is 5.02 Å². The third kappa shape index (κ3) is 4.55. The smallest absolute Gasteiger partial charge is 0.224 e. The van der Waals surface area contributed by atoms with E-state index < -0.39 is 0 Å². The number of anilines is 1. The van der Waals surface area contributed by atoms with Gasteiger partial charge in [-0.25, -0.2) is 0 Å². The molecule has 3 N–H and O–H groups in total. The van der Waals surface area contributed by atoms with Crippen LogP contribution in [0.15, 0.2) is 48.5 Å². The monoisotopic (exact) mass is 318 g/mol. The molecule has 0 bridgehead atoms. The molecule has 2 aromatic carbocycles. The van der Waals surface area contributed by atoms with Gasteiger partial charge in [0, 0.05) is 12.0 Å². The molecule has 0 unspecified atom stereocenters. The molecule has 0 aliphatic rings. The van der Waals surface area contributed by atoms with Crippen molar-refractivity contribution in [2.24, 2.45) is 5.73 Å². The minimum Gasteiger partial charge on any atom is -0.389 e. The summed E-state index contributed by atoms with van der Waals surface area (Å²) in [5.41, 5.74) is 7.90. The summed E-state index contributed by atoms with van der Waals surface area (Å²) >= 11 is 11.0. The Hall–Kier alpha value is -1.91. The Kier molecular flexibility index (Phi) is 5.31. The molecule has 108 valence electrons. The Labute approximate surface area is 134 Å². The molecular weight excluding hydrogens is 304 g/mol. The first kappa shape index (κ1) is 15.5. The molecule has 5 heteroatoms. The number of amides is 1. The number of hydrogen-bond donors (Lipinski definition) is 2. The number of nitrogens with two attached hydrogens (primary N) is 1. The van der Waals surface area contributed by atoms with Crippen molar-refractivity contribution in [3.05, 3.63) is 64.7 Å². The van der Waals surface area contributed by atoms with Gasteiger partial charge < -0.3 is 11.1 Å².